The van der Waals surface area contributed by atoms with E-state index in [1.807, 2.05) is 0 Å². The Morgan fingerprint density at radius 3 is 2.56 bits per heavy atom. The summed E-state index contributed by atoms with van der Waals surface area (Å²) in [5.74, 6) is -0.664. The lowest BCUT2D eigenvalue weighted by atomic mass is 9.95. The Bertz CT molecular complexity index is 421. The van der Waals surface area contributed by atoms with E-state index in [1.54, 1.807) is 17.0 Å². The summed E-state index contributed by atoms with van der Waals surface area (Å²) in [6.07, 6.45) is 1.36. The maximum absolute atomic E-state index is 11.0. The second-order valence-corrected chi connectivity index (χ2v) is 3.90. The number of amides is 1. The summed E-state index contributed by atoms with van der Waals surface area (Å²) < 4.78 is 0. The summed E-state index contributed by atoms with van der Waals surface area (Å²) in [5, 5.41) is 8.71. The molecule has 1 saturated heterocycles. The predicted octanol–water partition coefficient (Wildman–Crippen LogP) is 0.726. The largest absolute Gasteiger partial charge is 0.478 e. The van der Waals surface area contributed by atoms with Gasteiger partial charge in [0.15, 0.2) is 0 Å². The Morgan fingerprint density at radius 1 is 1.44 bits per heavy atom. The van der Waals surface area contributed by atoms with E-state index in [-0.39, 0.29) is 17.4 Å². The third-order valence-electron chi connectivity index (χ3n) is 2.78. The van der Waals surface area contributed by atoms with Gasteiger partial charge >= 0.3 is 5.97 Å². The molecule has 2 rings (SSSR count). The number of hydrogen-bond acceptors (Lipinski definition) is 3. The average molecular weight is 220 g/mol. The molecule has 2 heterocycles. The first kappa shape index (κ1) is 10.6. The van der Waals surface area contributed by atoms with Crippen LogP contribution in [0.4, 0.5) is 0 Å². The van der Waals surface area contributed by atoms with Gasteiger partial charge in [-0.1, -0.05) is 0 Å². The smallest absolute Gasteiger partial charge is 0.337 e. The summed E-state index contributed by atoms with van der Waals surface area (Å²) in [6.45, 7) is 2.89. The molecule has 0 bridgehead atoms. The van der Waals surface area contributed by atoms with Gasteiger partial charge in [-0.25, -0.2) is 4.79 Å². The third-order valence-corrected chi connectivity index (χ3v) is 2.78. The molecule has 1 fully saturated rings. The van der Waals surface area contributed by atoms with Gasteiger partial charge in [0.1, 0.15) is 0 Å². The second-order valence-electron chi connectivity index (χ2n) is 3.90. The molecular formula is C11H12N2O3. The van der Waals surface area contributed by atoms with Crippen LogP contribution in [0.25, 0.3) is 0 Å². The number of aromatic nitrogens is 1. The van der Waals surface area contributed by atoms with E-state index in [1.165, 1.54) is 13.1 Å². The maximum atomic E-state index is 11.0. The number of hydrogen-bond donors (Lipinski definition) is 1. The minimum Gasteiger partial charge on any atom is -0.478 e. The van der Waals surface area contributed by atoms with Crippen molar-refractivity contribution in [1.82, 2.24) is 9.88 Å². The van der Waals surface area contributed by atoms with E-state index in [0.717, 1.165) is 5.69 Å². The van der Waals surface area contributed by atoms with Crippen molar-refractivity contribution >= 4 is 11.9 Å². The van der Waals surface area contributed by atoms with Crippen molar-refractivity contribution in [2.75, 3.05) is 13.1 Å². The van der Waals surface area contributed by atoms with Crippen LogP contribution in [-0.2, 0) is 4.79 Å². The van der Waals surface area contributed by atoms with Gasteiger partial charge in [0.05, 0.1) is 5.56 Å². The van der Waals surface area contributed by atoms with Crippen LogP contribution in [-0.4, -0.2) is 40.0 Å². The standard InChI is InChI=1S/C11H12N2O3/c1-7(14)13-5-9(6-13)10-3-2-8(4-12-10)11(15)16/h2-4,9H,5-6H2,1H3,(H,15,16). The molecule has 0 unspecified atom stereocenters. The zero-order chi connectivity index (χ0) is 11.7. The number of aromatic carboxylic acids is 1. The highest BCUT2D eigenvalue weighted by Crippen LogP contribution is 2.25. The lowest BCUT2D eigenvalue weighted by Gasteiger charge is -2.38. The monoisotopic (exact) mass is 220 g/mol. The Labute approximate surface area is 92.7 Å². The van der Waals surface area contributed by atoms with E-state index in [9.17, 15) is 9.59 Å². The SMILES string of the molecule is CC(=O)N1CC(c2ccc(C(=O)O)cn2)C1. The molecule has 1 aliphatic rings. The van der Waals surface area contributed by atoms with Crippen LogP contribution in [0.3, 0.4) is 0 Å². The van der Waals surface area contributed by atoms with E-state index in [4.69, 9.17) is 5.11 Å². The van der Waals surface area contributed by atoms with Crippen LogP contribution in [0.5, 0.6) is 0 Å². The molecule has 1 N–H and O–H groups in total. The van der Waals surface area contributed by atoms with E-state index >= 15 is 0 Å². The van der Waals surface area contributed by atoms with Crippen LogP contribution >= 0.6 is 0 Å². The summed E-state index contributed by atoms with van der Waals surface area (Å²) in [6, 6.07) is 3.26. The van der Waals surface area contributed by atoms with Crippen LogP contribution < -0.4 is 0 Å². The van der Waals surface area contributed by atoms with Gasteiger partial charge in [0.2, 0.25) is 5.91 Å². The molecular weight excluding hydrogens is 208 g/mol. The average Bonchev–Trinajstić information content (AvgIpc) is 2.15. The molecule has 0 aliphatic carbocycles. The Kier molecular flexibility index (Phi) is 2.60. The molecule has 0 saturated carbocycles. The number of carboxylic acid groups (broad SMARTS) is 1. The predicted molar refractivity (Wildman–Crippen MR) is 56.2 cm³/mol. The lowest BCUT2D eigenvalue weighted by Crippen LogP contribution is -2.47. The zero-order valence-electron chi connectivity index (χ0n) is 8.88. The van der Waals surface area contributed by atoms with Gasteiger partial charge in [-0.05, 0) is 12.1 Å². The fraction of sp³-hybridized carbons (Fsp3) is 0.364. The minimum atomic E-state index is -0.974. The van der Waals surface area contributed by atoms with E-state index < -0.39 is 5.97 Å². The quantitative estimate of drug-likeness (QED) is 0.797. The van der Waals surface area contributed by atoms with Gasteiger partial charge in [-0.3, -0.25) is 9.78 Å². The third kappa shape index (κ3) is 1.88. The molecule has 1 aromatic heterocycles. The molecule has 0 radical (unpaired) electrons. The van der Waals surface area contributed by atoms with Crippen LogP contribution in [0.2, 0.25) is 0 Å². The normalized spacial score (nSPS) is 15.7. The van der Waals surface area contributed by atoms with Crippen molar-refractivity contribution in [3.05, 3.63) is 29.6 Å². The number of rotatable bonds is 2. The van der Waals surface area contributed by atoms with Crippen molar-refractivity contribution in [3.63, 3.8) is 0 Å². The van der Waals surface area contributed by atoms with Crippen molar-refractivity contribution in [2.24, 2.45) is 0 Å². The number of likely N-dealkylation sites (tertiary alicyclic amines) is 1. The zero-order valence-corrected chi connectivity index (χ0v) is 8.88. The molecule has 0 atom stereocenters. The van der Waals surface area contributed by atoms with Gasteiger partial charge in [-0.2, -0.15) is 0 Å². The van der Waals surface area contributed by atoms with Crippen molar-refractivity contribution in [1.29, 1.82) is 0 Å². The van der Waals surface area contributed by atoms with Crippen LogP contribution in [0.15, 0.2) is 18.3 Å². The molecule has 0 aromatic carbocycles. The molecule has 5 nitrogen and oxygen atoms in total. The molecule has 16 heavy (non-hydrogen) atoms. The number of nitrogens with zero attached hydrogens (tertiary/aromatic N) is 2. The Hall–Kier alpha value is -1.91. The van der Waals surface area contributed by atoms with Crippen molar-refractivity contribution in [3.8, 4) is 0 Å². The highest BCUT2D eigenvalue weighted by atomic mass is 16.4. The summed E-state index contributed by atoms with van der Waals surface area (Å²) in [7, 11) is 0. The van der Waals surface area contributed by atoms with Gasteiger partial charge in [0.25, 0.3) is 0 Å². The van der Waals surface area contributed by atoms with E-state index in [0.29, 0.717) is 13.1 Å². The van der Waals surface area contributed by atoms with Crippen LogP contribution in [0.1, 0.15) is 28.9 Å². The van der Waals surface area contributed by atoms with Crippen molar-refractivity contribution < 1.29 is 14.7 Å². The summed E-state index contributed by atoms with van der Waals surface area (Å²) >= 11 is 0. The molecule has 1 aliphatic heterocycles. The topological polar surface area (TPSA) is 70.5 Å². The Morgan fingerprint density at radius 2 is 2.12 bits per heavy atom. The molecule has 84 valence electrons. The first-order chi connectivity index (χ1) is 7.58. The first-order valence-electron chi connectivity index (χ1n) is 5.02. The van der Waals surface area contributed by atoms with Crippen LogP contribution in [0, 0.1) is 0 Å². The Balaban J connectivity index is 2.02. The fourth-order valence-corrected chi connectivity index (χ4v) is 1.70. The summed E-state index contributed by atoms with van der Waals surface area (Å²) in [5.41, 5.74) is 1.04. The highest BCUT2D eigenvalue weighted by molar-refractivity contribution is 5.87. The summed E-state index contributed by atoms with van der Waals surface area (Å²) in [4.78, 5) is 27.4. The minimum absolute atomic E-state index is 0.0680. The maximum Gasteiger partial charge on any atom is 0.337 e. The number of carbonyl (C=O) groups is 2. The number of pyridine rings is 1. The number of carbonyl (C=O) groups excluding carboxylic acids is 1. The highest BCUT2D eigenvalue weighted by Gasteiger charge is 2.30. The lowest BCUT2D eigenvalue weighted by molar-refractivity contribution is -0.133. The van der Waals surface area contributed by atoms with Gasteiger partial charge in [-0.15, -0.1) is 0 Å². The second kappa shape index (κ2) is 3.92. The van der Waals surface area contributed by atoms with E-state index in [2.05, 4.69) is 4.98 Å². The molecule has 0 spiro atoms. The molecule has 1 amide bonds. The van der Waals surface area contributed by atoms with Crippen molar-refractivity contribution in [2.45, 2.75) is 12.8 Å². The molecule has 5 heteroatoms. The fourth-order valence-electron chi connectivity index (χ4n) is 1.70. The number of carboxylic acids is 1. The first-order valence-corrected chi connectivity index (χ1v) is 5.02. The van der Waals surface area contributed by atoms with Gasteiger partial charge < -0.3 is 10.0 Å². The molecule has 1 aromatic rings. The van der Waals surface area contributed by atoms with Gasteiger partial charge in [0, 0.05) is 37.8 Å².